The molecule has 19 heavy (non-hydrogen) atoms. The number of aryl methyl sites for hydroxylation is 1. The van der Waals surface area contributed by atoms with E-state index in [-0.39, 0.29) is 0 Å². The minimum Gasteiger partial charge on any atom is -0.546 e. The molecule has 0 radical (unpaired) electrons. The van der Waals surface area contributed by atoms with E-state index in [1.54, 1.807) is 6.26 Å². The molecule has 2 rings (SSSR count). The van der Waals surface area contributed by atoms with E-state index in [9.17, 15) is 0 Å². The molecule has 0 spiro atoms. The fourth-order valence-electron chi connectivity index (χ4n) is 1.74. The van der Waals surface area contributed by atoms with Crippen LogP contribution in [0.5, 0.6) is 5.75 Å². The minimum absolute atomic E-state index is 0.694. The second-order valence-corrected chi connectivity index (χ2v) is 7.07. The Labute approximate surface area is 115 Å². The lowest BCUT2D eigenvalue weighted by atomic mass is 10.2. The normalized spacial score (nSPS) is 11.4. The van der Waals surface area contributed by atoms with E-state index in [1.165, 1.54) is 5.56 Å². The molecular formula is C15H19NO2Si. The lowest BCUT2D eigenvalue weighted by Gasteiger charge is -2.12. The van der Waals surface area contributed by atoms with E-state index < -0.39 is 9.04 Å². The van der Waals surface area contributed by atoms with E-state index in [1.807, 2.05) is 36.5 Å². The summed E-state index contributed by atoms with van der Waals surface area (Å²) in [6.07, 6.45) is 4.23. The van der Waals surface area contributed by atoms with Crippen molar-refractivity contribution in [3.8, 4) is 5.75 Å². The second kappa shape index (κ2) is 6.38. The summed E-state index contributed by atoms with van der Waals surface area (Å²) in [5, 5.41) is 0. The molecule has 100 valence electrons. The summed E-state index contributed by atoms with van der Waals surface area (Å²) in [5.74, 6) is 1.80. The van der Waals surface area contributed by atoms with Crippen LogP contribution < -0.4 is 4.43 Å². The first-order chi connectivity index (χ1) is 9.15. The first-order valence-electron chi connectivity index (χ1n) is 6.47. The maximum Gasteiger partial charge on any atom is 0.229 e. The van der Waals surface area contributed by atoms with Gasteiger partial charge in [-0.1, -0.05) is 6.07 Å². The summed E-state index contributed by atoms with van der Waals surface area (Å²) in [7, 11) is -1.12. The number of furan rings is 1. The third-order valence-electron chi connectivity index (χ3n) is 2.58. The van der Waals surface area contributed by atoms with Crippen molar-refractivity contribution in [2.45, 2.75) is 26.4 Å². The molecule has 0 aliphatic rings. The Balaban J connectivity index is 2.12. The van der Waals surface area contributed by atoms with Crippen molar-refractivity contribution in [1.29, 1.82) is 0 Å². The van der Waals surface area contributed by atoms with Gasteiger partial charge in [0.2, 0.25) is 9.04 Å². The summed E-state index contributed by atoms with van der Waals surface area (Å²) < 4.78 is 11.2. The van der Waals surface area contributed by atoms with Crippen LogP contribution in [0.1, 0.15) is 11.3 Å². The van der Waals surface area contributed by atoms with Gasteiger partial charge in [-0.05, 0) is 49.8 Å². The van der Waals surface area contributed by atoms with Crippen LogP contribution in [0.15, 0.2) is 46.0 Å². The highest BCUT2D eigenvalue weighted by Gasteiger charge is 2.05. The van der Waals surface area contributed by atoms with Crippen LogP contribution in [0.25, 0.3) is 0 Å². The molecule has 1 aromatic heterocycles. The van der Waals surface area contributed by atoms with Gasteiger partial charge in [0.15, 0.2) is 0 Å². The van der Waals surface area contributed by atoms with Crippen LogP contribution in [-0.2, 0) is 6.42 Å². The second-order valence-electron chi connectivity index (χ2n) is 4.73. The van der Waals surface area contributed by atoms with E-state index in [0.717, 1.165) is 17.2 Å². The minimum atomic E-state index is -1.12. The molecule has 1 heterocycles. The predicted octanol–water partition coefficient (Wildman–Crippen LogP) is 3.90. The molecule has 0 saturated carbocycles. The van der Waals surface area contributed by atoms with Gasteiger partial charge in [-0.15, -0.1) is 0 Å². The first kappa shape index (κ1) is 13.6. The zero-order valence-electron chi connectivity index (χ0n) is 11.6. The van der Waals surface area contributed by atoms with Crippen molar-refractivity contribution < 1.29 is 8.84 Å². The molecule has 4 heteroatoms. The molecule has 3 nitrogen and oxygen atoms in total. The Morgan fingerprint density at radius 2 is 2.16 bits per heavy atom. The summed E-state index contributed by atoms with van der Waals surface area (Å²) in [6.45, 7) is 6.36. The topological polar surface area (TPSA) is 34.7 Å². The smallest absolute Gasteiger partial charge is 0.229 e. The maximum absolute atomic E-state index is 5.92. The fourth-order valence-corrected chi connectivity index (χ4v) is 2.44. The largest absolute Gasteiger partial charge is 0.546 e. The Bertz CT molecular complexity index is 547. The maximum atomic E-state index is 5.92. The van der Waals surface area contributed by atoms with Crippen molar-refractivity contribution in [3.05, 3.63) is 47.9 Å². The molecular weight excluding hydrogens is 254 g/mol. The average Bonchev–Trinajstić information content (AvgIpc) is 2.84. The summed E-state index contributed by atoms with van der Waals surface area (Å²) in [5.41, 5.74) is 2.08. The molecule has 0 amide bonds. The Morgan fingerprint density at radius 3 is 2.84 bits per heavy atom. The molecule has 1 aromatic carbocycles. The van der Waals surface area contributed by atoms with Crippen LogP contribution in [0.4, 0.5) is 5.69 Å². The lowest BCUT2D eigenvalue weighted by Crippen LogP contribution is -2.11. The number of nitrogens with zero attached hydrogens (tertiary/aromatic N) is 1. The van der Waals surface area contributed by atoms with Gasteiger partial charge in [0.05, 0.1) is 6.26 Å². The molecule has 0 aliphatic heterocycles. The summed E-state index contributed by atoms with van der Waals surface area (Å²) in [4.78, 5) is 4.49. The van der Waals surface area contributed by atoms with Gasteiger partial charge < -0.3 is 8.84 Å². The average molecular weight is 273 g/mol. The highest BCUT2D eigenvalue weighted by atomic mass is 28.3. The fraction of sp³-hybridized carbons (Fsp3) is 0.267. The molecule has 0 fully saturated rings. The molecule has 2 aromatic rings. The zero-order chi connectivity index (χ0) is 13.7. The van der Waals surface area contributed by atoms with Crippen molar-refractivity contribution in [3.63, 3.8) is 0 Å². The number of hydrogen-bond donors (Lipinski definition) is 0. The molecule has 0 unspecified atom stereocenters. The van der Waals surface area contributed by atoms with Gasteiger partial charge in [0, 0.05) is 12.6 Å². The monoisotopic (exact) mass is 273 g/mol. The molecule has 0 aliphatic carbocycles. The summed E-state index contributed by atoms with van der Waals surface area (Å²) in [6, 6.07) is 9.93. The molecule has 0 N–H and O–H groups in total. The van der Waals surface area contributed by atoms with Gasteiger partial charge >= 0.3 is 0 Å². The van der Waals surface area contributed by atoms with E-state index >= 15 is 0 Å². The van der Waals surface area contributed by atoms with Crippen LogP contribution >= 0.6 is 0 Å². The standard InChI is InChI=1S/C15H19NO2Si/c1-12-6-7-14(15(11-12)18-19(2)3)16-9-8-13-5-4-10-17-13/h4-7,9-11,19H,8H2,1-3H3. The number of benzene rings is 1. The van der Waals surface area contributed by atoms with Gasteiger partial charge in [-0.3, -0.25) is 4.99 Å². The van der Waals surface area contributed by atoms with Gasteiger partial charge in [-0.25, -0.2) is 0 Å². The van der Waals surface area contributed by atoms with Gasteiger partial charge in [-0.2, -0.15) is 0 Å². The van der Waals surface area contributed by atoms with Crippen molar-refractivity contribution in [2.24, 2.45) is 4.99 Å². The molecule has 0 bridgehead atoms. The SMILES string of the molecule is Cc1ccc(N=CCc2ccco2)c(O[SiH](C)C)c1. The Kier molecular flexibility index (Phi) is 4.57. The zero-order valence-corrected chi connectivity index (χ0v) is 12.7. The van der Waals surface area contributed by atoms with Crippen LogP contribution in [-0.4, -0.2) is 15.3 Å². The number of aliphatic imine (C=N–C) groups is 1. The third-order valence-corrected chi connectivity index (χ3v) is 3.31. The lowest BCUT2D eigenvalue weighted by molar-refractivity contribution is 0.527. The summed E-state index contributed by atoms with van der Waals surface area (Å²) >= 11 is 0. The predicted molar refractivity (Wildman–Crippen MR) is 81.2 cm³/mol. The van der Waals surface area contributed by atoms with Crippen molar-refractivity contribution in [1.82, 2.24) is 0 Å². The van der Waals surface area contributed by atoms with Crippen LogP contribution in [0, 0.1) is 6.92 Å². The van der Waals surface area contributed by atoms with E-state index in [4.69, 9.17) is 8.84 Å². The quantitative estimate of drug-likeness (QED) is 0.612. The van der Waals surface area contributed by atoms with Gasteiger partial charge in [0.25, 0.3) is 0 Å². The third kappa shape index (κ3) is 4.10. The number of rotatable bonds is 5. The number of hydrogen-bond acceptors (Lipinski definition) is 3. The van der Waals surface area contributed by atoms with E-state index in [2.05, 4.69) is 25.0 Å². The van der Waals surface area contributed by atoms with Gasteiger partial charge in [0.1, 0.15) is 17.2 Å². The Hall–Kier alpha value is -1.81. The molecule has 0 atom stereocenters. The van der Waals surface area contributed by atoms with E-state index in [0.29, 0.717) is 6.42 Å². The highest BCUT2D eigenvalue weighted by molar-refractivity contribution is 6.49. The molecule has 0 saturated heterocycles. The highest BCUT2D eigenvalue weighted by Crippen LogP contribution is 2.28. The Morgan fingerprint density at radius 1 is 1.32 bits per heavy atom. The van der Waals surface area contributed by atoms with Crippen molar-refractivity contribution >= 4 is 20.9 Å². The first-order valence-corrected chi connectivity index (χ1v) is 9.25. The van der Waals surface area contributed by atoms with Crippen molar-refractivity contribution in [2.75, 3.05) is 0 Å². The van der Waals surface area contributed by atoms with Crippen LogP contribution in [0.3, 0.4) is 0 Å². The van der Waals surface area contributed by atoms with Crippen LogP contribution in [0.2, 0.25) is 13.1 Å².